The van der Waals surface area contributed by atoms with E-state index in [-0.39, 0.29) is 29.7 Å². The number of rotatable bonds is 3. The average molecular weight is 419 g/mol. The van der Waals surface area contributed by atoms with Gasteiger partial charge in [-0.25, -0.2) is 8.42 Å². The van der Waals surface area contributed by atoms with Gasteiger partial charge in [0.2, 0.25) is 11.8 Å². The average Bonchev–Trinajstić information content (AvgIpc) is 2.97. The summed E-state index contributed by atoms with van der Waals surface area (Å²) in [4.78, 5) is 28.3. The van der Waals surface area contributed by atoms with E-state index in [0.29, 0.717) is 42.6 Å². The van der Waals surface area contributed by atoms with Crippen molar-refractivity contribution < 1.29 is 18.0 Å². The standard InChI is InChI=1S/C17H20Cl2N2O4S/c18-14-2-1-12(9-15(14)19)10-16(22)20-4-6-21(7-5-20)17(23)13-3-8-26(24,25)11-13/h1-2,9,13H,3-8,10-11H2/t13-/m1/s1. The van der Waals surface area contributed by atoms with Crippen LogP contribution in [0.25, 0.3) is 0 Å². The molecule has 2 aliphatic heterocycles. The second-order valence-electron chi connectivity index (χ2n) is 6.73. The van der Waals surface area contributed by atoms with E-state index in [1.807, 2.05) is 0 Å². The van der Waals surface area contributed by atoms with Crippen LogP contribution in [0.3, 0.4) is 0 Å². The zero-order valence-corrected chi connectivity index (χ0v) is 16.5. The summed E-state index contributed by atoms with van der Waals surface area (Å²) < 4.78 is 23.1. The first-order valence-corrected chi connectivity index (χ1v) is 11.0. The van der Waals surface area contributed by atoms with E-state index in [0.717, 1.165) is 5.56 Å². The van der Waals surface area contributed by atoms with Crippen molar-refractivity contribution in [2.75, 3.05) is 37.7 Å². The Morgan fingerprint density at radius 3 is 2.27 bits per heavy atom. The maximum Gasteiger partial charge on any atom is 0.227 e. The largest absolute Gasteiger partial charge is 0.339 e. The van der Waals surface area contributed by atoms with Crippen LogP contribution < -0.4 is 0 Å². The zero-order chi connectivity index (χ0) is 18.9. The van der Waals surface area contributed by atoms with E-state index in [2.05, 4.69) is 0 Å². The van der Waals surface area contributed by atoms with Crippen molar-refractivity contribution in [2.45, 2.75) is 12.8 Å². The molecule has 9 heteroatoms. The lowest BCUT2D eigenvalue weighted by molar-refractivity contribution is -0.141. The van der Waals surface area contributed by atoms with E-state index >= 15 is 0 Å². The topological polar surface area (TPSA) is 74.8 Å². The van der Waals surface area contributed by atoms with Gasteiger partial charge >= 0.3 is 0 Å². The van der Waals surface area contributed by atoms with Gasteiger partial charge in [-0.05, 0) is 24.1 Å². The third-order valence-corrected chi connectivity index (χ3v) is 7.37. The molecule has 2 fully saturated rings. The van der Waals surface area contributed by atoms with Gasteiger partial charge in [0.05, 0.1) is 33.9 Å². The molecule has 1 aromatic carbocycles. The van der Waals surface area contributed by atoms with Gasteiger partial charge < -0.3 is 9.80 Å². The molecule has 6 nitrogen and oxygen atoms in total. The minimum absolute atomic E-state index is 0.0288. The SMILES string of the molecule is O=C(Cc1ccc(Cl)c(Cl)c1)N1CCN(C(=O)[C@@H]2CCS(=O)(=O)C2)CC1. The first-order chi connectivity index (χ1) is 12.2. The number of nitrogens with zero attached hydrogens (tertiary/aromatic N) is 2. The van der Waals surface area contributed by atoms with Gasteiger partial charge in [-0.2, -0.15) is 0 Å². The lowest BCUT2D eigenvalue weighted by atomic mass is 10.1. The Morgan fingerprint density at radius 2 is 1.69 bits per heavy atom. The summed E-state index contributed by atoms with van der Waals surface area (Å²) in [5.74, 6) is -0.534. The number of halogens is 2. The van der Waals surface area contributed by atoms with Crippen molar-refractivity contribution in [1.29, 1.82) is 0 Å². The number of carbonyl (C=O) groups is 2. The van der Waals surface area contributed by atoms with Crippen LogP contribution in [0, 0.1) is 5.92 Å². The van der Waals surface area contributed by atoms with Gasteiger partial charge in [0.15, 0.2) is 9.84 Å². The summed E-state index contributed by atoms with van der Waals surface area (Å²) in [6, 6.07) is 5.12. The van der Waals surface area contributed by atoms with Crippen molar-refractivity contribution in [3.05, 3.63) is 33.8 Å². The third kappa shape index (κ3) is 4.50. The number of sulfone groups is 1. The van der Waals surface area contributed by atoms with Crippen LogP contribution in [0.2, 0.25) is 10.0 Å². The van der Waals surface area contributed by atoms with E-state index in [1.54, 1.807) is 28.0 Å². The Hall–Kier alpha value is -1.31. The Balaban J connectivity index is 1.52. The number of hydrogen-bond acceptors (Lipinski definition) is 4. The van der Waals surface area contributed by atoms with Crippen molar-refractivity contribution >= 4 is 44.9 Å². The first-order valence-electron chi connectivity index (χ1n) is 8.46. The highest BCUT2D eigenvalue weighted by molar-refractivity contribution is 7.91. The van der Waals surface area contributed by atoms with Gasteiger partial charge in [0, 0.05) is 26.2 Å². The second-order valence-corrected chi connectivity index (χ2v) is 9.77. The minimum Gasteiger partial charge on any atom is -0.339 e. The highest BCUT2D eigenvalue weighted by Gasteiger charge is 2.36. The fourth-order valence-corrected chi connectivity index (χ4v) is 5.41. The van der Waals surface area contributed by atoms with Crippen LogP contribution >= 0.6 is 23.2 Å². The molecule has 2 aliphatic rings. The van der Waals surface area contributed by atoms with E-state index in [1.165, 1.54) is 0 Å². The molecule has 0 bridgehead atoms. The second kappa shape index (κ2) is 7.74. The summed E-state index contributed by atoms with van der Waals surface area (Å²) in [5, 5.41) is 0.864. The number of carbonyl (C=O) groups excluding carboxylic acids is 2. The zero-order valence-electron chi connectivity index (χ0n) is 14.2. The molecule has 0 aromatic heterocycles. The Morgan fingerprint density at radius 1 is 1.04 bits per heavy atom. The monoisotopic (exact) mass is 418 g/mol. The number of hydrogen-bond donors (Lipinski definition) is 0. The van der Waals surface area contributed by atoms with Crippen LogP contribution in [0.5, 0.6) is 0 Å². The number of amides is 2. The Bertz CT molecular complexity index is 820. The molecule has 26 heavy (non-hydrogen) atoms. The molecule has 0 aliphatic carbocycles. The van der Waals surface area contributed by atoms with Crippen LogP contribution in [-0.2, 0) is 25.8 Å². The lowest BCUT2D eigenvalue weighted by Gasteiger charge is -2.36. The highest BCUT2D eigenvalue weighted by atomic mass is 35.5. The molecular weight excluding hydrogens is 399 g/mol. The van der Waals surface area contributed by atoms with Gasteiger partial charge in [0.1, 0.15) is 0 Å². The fraction of sp³-hybridized carbons (Fsp3) is 0.529. The van der Waals surface area contributed by atoms with Gasteiger partial charge in [-0.1, -0.05) is 29.3 Å². The lowest BCUT2D eigenvalue weighted by Crippen LogP contribution is -2.52. The third-order valence-electron chi connectivity index (χ3n) is 4.87. The maximum atomic E-state index is 12.5. The summed E-state index contributed by atoms with van der Waals surface area (Å²) in [7, 11) is -3.08. The predicted molar refractivity (Wildman–Crippen MR) is 100 cm³/mol. The summed E-state index contributed by atoms with van der Waals surface area (Å²) in [6.45, 7) is 1.77. The van der Waals surface area contributed by atoms with Crippen molar-refractivity contribution in [3.63, 3.8) is 0 Å². The van der Waals surface area contributed by atoms with Crippen LogP contribution in [0.4, 0.5) is 0 Å². The van der Waals surface area contributed by atoms with Gasteiger partial charge in [0.25, 0.3) is 0 Å². The highest BCUT2D eigenvalue weighted by Crippen LogP contribution is 2.24. The molecule has 2 amide bonds. The van der Waals surface area contributed by atoms with E-state index in [9.17, 15) is 18.0 Å². The molecule has 0 saturated carbocycles. The summed E-state index contributed by atoms with van der Waals surface area (Å²) in [6.07, 6.45) is 0.628. The fourth-order valence-electron chi connectivity index (χ4n) is 3.36. The number of benzene rings is 1. The molecule has 142 valence electrons. The normalized spacial score (nSPS) is 22.5. The molecule has 2 saturated heterocycles. The molecule has 1 aromatic rings. The summed E-state index contributed by atoms with van der Waals surface area (Å²) in [5.41, 5.74) is 0.791. The van der Waals surface area contributed by atoms with E-state index in [4.69, 9.17) is 23.2 Å². The summed E-state index contributed by atoms with van der Waals surface area (Å²) >= 11 is 11.9. The van der Waals surface area contributed by atoms with Gasteiger partial charge in [-0.15, -0.1) is 0 Å². The maximum absolute atomic E-state index is 12.5. The van der Waals surface area contributed by atoms with Crippen LogP contribution in [0.1, 0.15) is 12.0 Å². The molecule has 0 spiro atoms. The van der Waals surface area contributed by atoms with Crippen LogP contribution in [-0.4, -0.2) is 67.7 Å². The molecule has 1 atom stereocenters. The molecular formula is C17H20Cl2N2O4S. The predicted octanol–water partition coefficient (Wildman–Crippen LogP) is 1.64. The van der Waals surface area contributed by atoms with Crippen LogP contribution in [0.15, 0.2) is 18.2 Å². The first kappa shape index (κ1) is 19.5. The van der Waals surface area contributed by atoms with Crippen molar-refractivity contribution in [3.8, 4) is 0 Å². The van der Waals surface area contributed by atoms with Gasteiger partial charge in [-0.3, -0.25) is 9.59 Å². The molecule has 2 heterocycles. The van der Waals surface area contributed by atoms with E-state index < -0.39 is 15.8 Å². The Kier molecular flexibility index (Phi) is 5.79. The van der Waals surface area contributed by atoms with Crippen molar-refractivity contribution in [1.82, 2.24) is 9.80 Å². The molecule has 3 rings (SSSR count). The smallest absolute Gasteiger partial charge is 0.227 e. The van der Waals surface area contributed by atoms with Crippen molar-refractivity contribution in [2.24, 2.45) is 5.92 Å². The molecule has 0 radical (unpaired) electrons. The minimum atomic E-state index is -3.08. The molecule has 0 unspecified atom stereocenters. The Labute approximate surface area is 163 Å². The number of piperazine rings is 1. The molecule has 0 N–H and O–H groups in total. The quantitative estimate of drug-likeness (QED) is 0.747.